The normalized spacial score (nSPS) is 16.5. The highest BCUT2D eigenvalue weighted by atomic mass is 16.5. The highest BCUT2D eigenvalue weighted by molar-refractivity contribution is 5.94. The molecule has 0 aliphatic carbocycles. The SMILES string of the molecule is O=C(NCCCCCCCNC(=O)c1ccc(OCCCN2CCCCCCC2)cc1)c1ccc(OCCCN2CCCCCCC2)cc1. The average Bonchev–Trinajstić information content (AvgIpc) is 3.09. The first-order chi connectivity index (χ1) is 24.2. The van der Waals surface area contributed by atoms with Crippen LogP contribution in [0.25, 0.3) is 0 Å². The summed E-state index contributed by atoms with van der Waals surface area (Å²) in [5.74, 6) is 1.57. The minimum atomic E-state index is -0.0375. The molecule has 49 heavy (non-hydrogen) atoms. The molecular formula is C41H64N4O4. The number of benzene rings is 2. The summed E-state index contributed by atoms with van der Waals surface area (Å²) >= 11 is 0. The molecule has 8 nitrogen and oxygen atoms in total. The van der Waals surface area contributed by atoms with Gasteiger partial charge in [0, 0.05) is 37.3 Å². The minimum Gasteiger partial charge on any atom is -0.494 e. The smallest absolute Gasteiger partial charge is 0.251 e. The summed E-state index contributed by atoms with van der Waals surface area (Å²) in [5, 5.41) is 6.07. The largest absolute Gasteiger partial charge is 0.494 e. The number of likely N-dealkylation sites (tertiary alicyclic amines) is 2. The Morgan fingerprint density at radius 1 is 0.469 bits per heavy atom. The summed E-state index contributed by atoms with van der Waals surface area (Å²) in [5.41, 5.74) is 1.33. The first-order valence-corrected chi connectivity index (χ1v) is 19.6. The van der Waals surface area contributed by atoms with Crippen LogP contribution in [0.2, 0.25) is 0 Å². The van der Waals surface area contributed by atoms with Gasteiger partial charge in [-0.2, -0.15) is 0 Å². The van der Waals surface area contributed by atoms with Crippen LogP contribution in [0.15, 0.2) is 48.5 Å². The molecule has 2 aromatic carbocycles. The van der Waals surface area contributed by atoms with Crippen molar-refractivity contribution in [1.29, 1.82) is 0 Å². The Labute approximate surface area is 296 Å². The Morgan fingerprint density at radius 3 is 1.20 bits per heavy atom. The summed E-state index contributed by atoms with van der Waals surface area (Å²) in [6.45, 7) is 9.82. The second-order valence-electron chi connectivity index (χ2n) is 14.0. The van der Waals surface area contributed by atoms with E-state index in [0.29, 0.717) is 37.4 Å². The minimum absolute atomic E-state index is 0.0375. The highest BCUT2D eigenvalue weighted by Crippen LogP contribution is 2.16. The van der Waals surface area contributed by atoms with E-state index in [-0.39, 0.29) is 11.8 Å². The van der Waals surface area contributed by atoms with E-state index in [0.717, 1.165) is 69.5 Å². The standard InChI is InChI=1S/C41H64N4O4/c46-40(36-18-22-38(23-19-36)48-34-16-32-44-28-12-6-2-7-13-29-44)42-26-10-4-1-5-11-27-43-41(47)37-20-24-39(25-21-37)49-35-17-33-45-30-14-8-3-9-15-31-45/h18-25H,1-17,26-35H2,(H,42,46)(H,43,47). The van der Waals surface area contributed by atoms with Gasteiger partial charge in [-0.15, -0.1) is 0 Å². The van der Waals surface area contributed by atoms with Gasteiger partial charge in [0.2, 0.25) is 0 Å². The van der Waals surface area contributed by atoms with E-state index >= 15 is 0 Å². The van der Waals surface area contributed by atoms with Crippen LogP contribution in [0.4, 0.5) is 0 Å². The van der Waals surface area contributed by atoms with Crippen LogP contribution >= 0.6 is 0 Å². The number of rotatable bonds is 20. The van der Waals surface area contributed by atoms with Crippen molar-refractivity contribution in [2.45, 2.75) is 109 Å². The Balaban J connectivity index is 0.959. The number of carbonyl (C=O) groups is 2. The van der Waals surface area contributed by atoms with Crippen molar-refractivity contribution in [3.8, 4) is 11.5 Å². The lowest BCUT2D eigenvalue weighted by molar-refractivity contribution is 0.0945. The van der Waals surface area contributed by atoms with E-state index in [1.165, 1.54) is 90.4 Å². The van der Waals surface area contributed by atoms with Gasteiger partial charge in [0.15, 0.2) is 0 Å². The Kier molecular flexibility index (Phi) is 19.0. The maximum absolute atomic E-state index is 12.5. The Bertz CT molecular complexity index is 1070. The topological polar surface area (TPSA) is 83.1 Å². The molecule has 4 rings (SSSR count). The van der Waals surface area contributed by atoms with Crippen molar-refractivity contribution in [3.63, 3.8) is 0 Å². The van der Waals surface area contributed by atoms with Gasteiger partial charge in [0.25, 0.3) is 11.8 Å². The molecule has 0 radical (unpaired) electrons. The molecule has 2 aliphatic rings. The van der Waals surface area contributed by atoms with Crippen LogP contribution in [-0.2, 0) is 0 Å². The van der Waals surface area contributed by atoms with Crippen molar-refractivity contribution in [2.24, 2.45) is 0 Å². The molecule has 0 spiro atoms. The molecule has 0 aromatic heterocycles. The third-order valence-corrected chi connectivity index (χ3v) is 9.83. The molecule has 0 atom stereocenters. The van der Waals surface area contributed by atoms with Crippen LogP contribution in [-0.4, -0.2) is 87.2 Å². The fraction of sp³-hybridized carbons (Fsp3) is 0.659. The van der Waals surface area contributed by atoms with Crippen LogP contribution in [0.5, 0.6) is 11.5 Å². The number of amides is 2. The fourth-order valence-corrected chi connectivity index (χ4v) is 6.82. The maximum Gasteiger partial charge on any atom is 0.251 e. The summed E-state index contributed by atoms with van der Waals surface area (Å²) in [7, 11) is 0. The molecule has 0 bridgehead atoms. The van der Waals surface area contributed by atoms with Gasteiger partial charge in [-0.25, -0.2) is 0 Å². The number of ether oxygens (including phenoxy) is 2. The van der Waals surface area contributed by atoms with Gasteiger partial charge < -0.3 is 29.9 Å². The molecule has 2 saturated heterocycles. The molecule has 2 aliphatic heterocycles. The van der Waals surface area contributed by atoms with E-state index < -0.39 is 0 Å². The summed E-state index contributed by atoms with van der Waals surface area (Å²) in [4.78, 5) is 30.2. The lowest BCUT2D eigenvalue weighted by Crippen LogP contribution is -2.29. The number of hydrogen-bond donors (Lipinski definition) is 2. The first-order valence-electron chi connectivity index (χ1n) is 19.6. The van der Waals surface area contributed by atoms with E-state index in [1.54, 1.807) is 0 Å². The van der Waals surface area contributed by atoms with Crippen molar-refractivity contribution < 1.29 is 19.1 Å². The van der Waals surface area contributed by atoms with Crippen LogP contribution in [0.3, 0.4) is 0 Å². The predicted molar refractivity (Wildman–Crippen MR) is 200 cm³/mol. The zero-order chi connectivity index (χ0) is 34.2. The first kappa shape index (κ1) is 38.7. The number of unbranched alkanes of at least 4 members (excludes halogenated alkanes) is 4. The predicted octanol–water partition coefficient (Wildman–Crippen LogP) is 7.87. The lowest BCUT2D eigenvalue weighted by Gasteiger charge is -2.24. The second-order valence-corrected chi connectivity index (χ2v) is 14.0. The van der Waals surface area contributed by atoms with Gasteiger partial charge in [-0.3, -0.25) is 9.59 Å². The molecule has 2 aromatic rings. The lowest BCUT2D eigenvalue weighted by atomic mass is 10.1. The maximum atomic E-state index is 12.5. The van der Waals surface area contributed by atoms with Gasteiger partial charge in [-0.1, -0.05) is 57.8 Å². The Hall–Kier alpha value is -3.10. The molecule has 2 amide bonds. The Morgan fingerprint density at radius 2 is 0.816 bits per heavy atom. The quantitative estimate of drug-likeness (QED) is 0.139. The highest BCUT2D eigenvalue weighted by Gasteiger charge is 2.10. The van der Waals surface area contributed by atoms with E-state index in [1.807, 2.05) is 48.5 Å². The van der Waals surface area contributed by atoms with Crippen molar-refractivity contribution >= 4 is 11.8 Å². The molecule has 272 valence electrons. The van der Waals surface area contributed by atoms with Crippen LogP contribution in [0, 0.1) is 0 Å². The third kappa shape index (κ3) is 16.4. The second kappa shape index (κ2) is 24.1. The van der Waals surface area contributed by atoms with Crippen LogP contribution < -0.4 is 20.1 Å². The number of hydrogen-bond acceptors (Lipinski definition) is 6. The molecule has 2 fully saturated rings. The summed E-state index contributed by atoms with van der Waals surface area (Å²) < 4.78 is 11.9. The van der Waals surface area contributed by atoms with Gasteiger partial charge in [0.05, 0.1) is 13.2 Å². The van der Waals surface area contributed by atoms with E-state index in [4.69, 9.17) is 9.47 Å². The zero-order valence-corrected chi connectivity index (χ0v) is 30.2. The molecule has 2 heterocycles. The fourth-order valence-electron chi connectivity index (χ4n) is 6.82. The van der Waals surface area contributed by atoms with Crippen LogP contribution in [0.1, 0.15) is 130 Å². The average molecular weight is 677 g/mol. The van der Waals surface area contributed by atoms with Gasteiger partial charge >= 0.3 is 0 Å². The van der Waals surface area contributed by atoms with Crippen molar-refractivity contribution in [1.82, 2.24) is 20.4 Å². The zero-order valence-electron chi connectivity index (χ0n) is 30.2. The summed E-state index contributed by atoms with van der Waals surface area (Å²) in [6, 6.07) is 15.0. The molecule has 2 N–H and O–H groups in total. The molecule has 8 heteroatoms. The summed E-state index contributed by atoms with van der Waals surface area (Å²) in [6.07, 6.45) is 20.6. The molecular weight excluding hydrogens is 612 g/mol. The number of nitrogens with zero attached hydrogens (tertiary/aromatic N) is 2. The number of nitrogens with one attached hydrogen (secondary N) is 2. The van der Waals surface area contributed by atoms with Gasteiger partial charge in [0.1, 0.15) is 11.5 Å². The molecule has 0 saturated carbocycles. The van der Waals surface area contributed by atoms with Crippen molar-refractivity contribution in [3.05, 3.63) is 59.7 Å². The van der Waals surface area contributed by atoms with Gasteiger partial charge in [-0.05, 0) is 126 Å². The monoisotopic (exact) mass is 676 g/mol. The number of carbonyl (C=O) groups excluding carboxylic acids is 2. The molecule has 0 unspecified atom stereocenters. The van der Waals surface area contributed by atoms with E-state index in [2.05, 4.69) is 20.4 Å². The van der Waals surface area contributed by atoms with Crippen molar-refractivity contribution in [2.75, 3.05) is 65.6 Å². The third-order valence-electron chi connectivity index (χ3n) is 9.83. The van der Waals surface area contributed by atoms with E-state index in [9.17, 15) is 9.59 Å².